The minimum Gasteiger partial charge on any atom is -0.376 e. The Bertz CT molecular complexity index is 1110. The van der Waals surface area contributed by atoms with Gasteiger partial charge in [0.25, 0.3) is 5.91 Å². The second kappa shape index (κ2) is 7.71. The van der Waals surface area contributed by atoms with Crippen molar-refractivity contribution < 1.29 is 19.2 Å². The van der Waals surface area contributed by atoms with Gasteiger partial charge in [0, 0.05) is 45.4 Å². The van der Waals surface area contributed by atoms with Crippen molar-refractivity contribution >= 4 is 11.9 Å². The summed E-state index contributed by atoms with van der Waals surface area (Å²) in [5, 5.41) is 18.0. The van der Waals surface area contributed by atoms with Crippen LogP contribution >= 0.6 is 0 Å². The third-order valence-corrected chi connectivity index (χ3v) is 5.64. The number of amides is 1. The van der Waals surface area contributed by atoms with Gasteiger partial charge < -0.3 is 24.6 Å². The predicted octanol–water partition coefficient (Wildman–Crippen LogP) is 1.44. The molecule has 0 spiro atoms. The van der Waals surface area contributed by atoms with E-state index in [0.29, 0.717) is 41.8 Å². The number of hydrogen-bond acceptors (Lipinski definition) is 9. The lowest BCUT2D eigenvalue weighted by atomic mass is 9.98. The molecule has 10 nitrogen and oxygen atoms in total. The van der Waals surface area contributed by atoms with Crippen molar-refractivity contribution in [3.8, 4) is 22.8 Å². The van der Waals surface area contributed by atoms with Crippen molar-refractivity contribution in [1.82, 2.24) is 25.0 Å². The van der Waals surface area contributed by atoms with Gasteiger partial charge in [0.15, 0.2) is 5.76 Å². The molecule has 5 rings (SSSR count). The Labute approximate surface area is 178 Å². The molecule has 0 radical (unpaired) electrons. The molecule has 160 valence electrons. The number of nitrogens with zero attached hydrogens (tertiary/aromatic N) is 5. The highest BCUT2D eigenvalue weighted by atomic mass is 16.5. The monoisotopic (exact) mass is 422 g/mol. The van der Waals surface area contributed by atoms with Crippen LogP contribution in [0.3, 0.4) is 0 Å². The average molecular weight is 422 g/mol. The topological polar surface area (TPSA) is 126 Å². The number of carbonyl (C=O) groups is 1. The zero-order chi connectivity index (χ0) is 21.4. The van der Waals surface area contributed by atoms with Gasteiger partial charge in [-0.25, -0.2) is 15.0 Å². The van der Waals surface area contributed by atoms with Crippen molar-refractivity contribution in [3.63, 3.8) is 0 Å². The highest BCUT2D eigenvalue weighted by Gasteiger charge is 2.48. The van der Waals surface area contributed by atoms with E-state index in [-0.39, 0.29) is 18.3 Å². The zero-order valence-electron chi connectivity index (χ0n) is 17.0. The molecule has 2 saturated heterocycles. The van der Waals surface area contributed by atoms with Gasteiger partial charge in [0.1, 0.15) is 5.69 Å². The molecule has 2 unspecified atom stereocenters. The second-order valence-electron chi connectivity index (χ2n) is 7.75. The van der Waals surface area contributed by atoms with Gasteiger partial charge in [-0.2, -0.15) is 0 Å². The minimum absolute atomic E-state index is 0.121. The zero-order valence-corrected chi connectivity index (χ0v) is 17.0. The molecular formula is C21H22N6O4. The number of anilines is 1. The molecule has 5 heterocycles. The molecule has 3 aromatic heterocycles. The first-order valence-corrected chi connectivity index (χ1v) is 10.1. The summed E-state index contributed by atoms with van der Waals surface area (Å²) in [6.07, 6.45) is 3.17. The highest BCUT2D eigenvalue weighted by molar-refractivity contribution is 5.87. The van der Waals surface area contributed by atoms with Crippen LogP contribution in [0.4, 0.5) is 5.95 Å². The van der Waals surface area contributed by atoms with Gasteiger partial charge in [-0.15, -0.1) is 0 Å². The number of rotatable bonds is 6. The number of nitrogens with one attached hydrogen (secondary N) is 1. The Morgan fingerprint density at radius 3 is 2.71 bits per heavy atom. The fourth-order valence-corrected chi connectivity index (χ4v) is 3.63. The van der Waals surface area contributed by atoms with Crippen LogP contribution in [0.25, 0.3) is 22.8 Å². The van der Waals surface area contributed by atoms with Crippen molar-refractivity contribution in [2.24, 2.45) is 0 Å². The van der Waals surface area contributed by atoms with E-state index >= 15 is 0 Å². The summed E-state index contributed by atoms with van der Waals surface area (Å²) in [6, 6.07) is 8.81. The van der Waals surface area contributed by atoms with Crippen LogP contribution < -0.4 is 5.32 Å². The summed E-state index contributed by atoms with van der Waals surface area (Å²) in [6.45, 7) is 1.92. The number of ether oxygens (including phenoxy) is 1. The molecule has 0 saturated carbocycles. The molecule has 2 atom stereocenters. The number of hydrogen-bond donors (Lipinski definition) is 2. The third kappa shape index (κ3) is 3.64. The van der Waals surface area contributed by atoms with Gasteiger partial charge in [-0.3, -0.25) is 4.79 Å². The highest BCUT2D eigenvalue weighted by Crippen LogP contribution is 2.34. The second-order valence-corrected chi connectivity index (χ2v) is 7.75. The lowest BCUT2D eigenvalue weighted by molar-refractivity contribution is -0.144. The van der Waals surface area contributed by atoms with E-state index in [4.69, 9.17) is 9.26 Å². The number of likely N-dealkylation sites (N-methyl/N-ethyl adjacent to an activating group) is 1. The van der Waals surface area contributed by atoms with E-state index in [9.17, 15) is 9.90 Å². The summed E-state index contributed by atoms with van der Waals surface area (Å²) in [5.41, 5.74) is 0.592. The molecular weight excluding hydrogens is 400 g/mol. The van der Waals surface area contributed by atoms with E-state index in [0.717, 1.165) is 13.0 Å². The summed E-state index contributed by atoms with van der Waals surface area (Å²) < 4.78 is 10.7. The summed E-state index contributed by atoms with van der Waals surface area (Å²) in [5.74, 6) is 0.232. The van der Waals surface area contributed by atoms with Crippen molar-refractivity contribution in [1.29, 1.82) is 0 Å². The van der Waals surface area contributed by atoms with E-state index in [1.165, 1.54) is 4.90 Å². The summed E-state index contributed by atoms with van der Waals surface area (Å²) in [4.78, 5) is 27.2. The number of pyridine rings is 1. The van der Waals surface area contributed by atoms with Crippen LogP contribution in [0.5, 0.6) is 0 Å². The van der Waals surface area contributed by atoms with Crippen LogP contribution in [-0.2, 0) is 15.1 Å². The van der Waals surface area contributed by atoms with Crippen LogP contribution in [-0.4, -0.2) is 68.9 Å². The standard InChI is InChI=1S/C21H22N6O4/c1-27-9-7-21(29,19(27)28)18-11-17(26-31-18)15-4-2-3-14(24-15)16-5-8-22-20(25-16)23-12-13-6-10-30-13/h2-5,8,11,13,29H,6-7,9-10,12H2,1H3,(H,22,23,25). The minimum atomic E-state index is -1.69. The molecule has 0 aromatic carbocycles. The molecule has 31 heavy (non-hydrogen) atoms. The molecule has 2 aliphatic rings. The molecule has 3 aromatic rings. The van der Waals surface area contributed by atoms with Crippen LogP contribution in [0.15, 0.2) is 41.1 Å². The number of aliphatic hydroxyl groups is 1. The molecule has 1 amide bonds. The SMILES string of the molecule is CN1CCC(O)(c2cc(-c3cccc(-c4ccnc(NCC5CCO5)n4)n3)no2)C1=O. The lowest BCUT2D eigenvalue weighted by Gasteiger charge is -2.26. The third-order valence-electron chi connectivity index (χ3n) is 5.64. The van der Waals surface area contributed by atoms with Gasteiger partial charge in [-0.05, 0) is 24.6 Å². The number of aromatic nitrogens is 4. The molecule has 10 heteroatoms. The number of likely N-dealkylation sites (tertiary alicyclic amines) is 1. The lowest BCUT2D eigenvalue weighted by Crippen LogP contribution is -2.35. The van der Waals surface area contributed by atoms with Crippen LogP contribution in [0.2, 0.25) is 0 Å². The van der Waals surface area contributed by atoms with E-state index in [2.05, 4.69) is 25.4 Å². The molecule has 2 fully saturated rings. The molecule has 0 aliphatic carbocycles. The predicted molar refractivity (Wildman–Crippen MR) is 110 cm³/mol. The Hall–Kier alpha value is -3.37. The smallest absolute Gasteiger partial charge is 0.262 e. The van der Waals surface area contributed by atoms with Gasteiger partial charge in [0.05, 0.1) is 23.2 Å². The fraction of sp³-hybridized carbons (Fsp3) is 0.381. The Morgan fingerprint density at radius 2 is 2.00 bits per heavy atom. The molecule has 2 N–H and O–H groups in total. The maximum absolute atomic E-state index is 12.3. The van der Waals surface area contributed by atoms with Crippen LogP contribution in [0, 0.1) is 0 Å². The summed E-state index contributed by atoms with van der Waals surface area (Å²) in [7, 11) is 1.65. The number of carbonyl (C=O) groups excluding carboxylic acids is 1. The average Bonchev–Trinajstić information content (AvgIpc) is 3.36. The van der Waals surface area contributed by atoms with Crippen LogP contribution in [0.1, 0.15) is 18.6 Å². The van der Waals surface area contributed by atoms with Gasteiger partial charge in [-0.1, -0.05) is 11.2 Å². The van der Waals surface area contributed by atoms with Crippen molar-refractivity contribution in [3.05, 3.63) is 42.3 Å². The molecule has 2 aliphatic heterocycles. The summed E-state index contributed by atoms with van der Waals surface area (Å²) >= 11 is 0. The fourth-order valence-electron chi connectivity index (χ4n) is 3.63. The first-order chi connectivity index (χ1) is 15.0. The first-order valence-electron chi connectivity index (χ1n) is 10.1. The van der Waals surface area contributed by atoms with E-state index < -0.39 is 11.5 Å². The largest absolute Gasteiger partial charge is 0.376 e. The molecule has 0 bridgehead atoms. The Kier molecular flexibility index (Phi) is 4.87. The first kappa shape index (κ1) is 19.6. The normalized spacial score (nSPS) is 23.1. The Balaban J connectivity index is 1.38. The van der Waals surface area contributed by atoms with Gasteiger partial charge in [0.2, 0.25) is 11.5 Å². The maximum Gasteiger partial charge on any atom is 0.262 e. The van der Waals surface area contributed by atoms with E-state index in [1.54, 1.807) is 31.4 Å². The Morgan fingerprint density at radius 1 is 1.23 bits per heavy atom. The van der Waals surface area contributed by atoms with Crippen molar-refractivity contribution in [2.75, 3.05) is 32.1 Å². The quantitative estimate of drug-likeness (QED) is 0.607. The van der Waals surface area contributed by atoms with Crippen molar-refractivity contribution in [2.45, 2.75) is 24.5 Å². The maximum atomic E-state index is 12.3. The van der Waals surface area contributed by atoms with Gasteiger partial charge >= 0.3 is 0 Å². The van der Waals surface area contributed by atoms with E-state index in [1.807, 2.05) is 12.1 Å².